The Bertz CT molecular complexity index is 433. The van der Waals surface area contributed by atoms with Gasteiger partial charge in [0, 0.05) is 17.8 Å². The maximum Gasteiger partial charge on any atom is 0.155 e. The number of nitrogens with zero attached hydrogens (tertiary/aromatic N) is 1. The second kappa shape index (κ2) is 2.63. The smallest absolute Gasteiger partial charge is 0.155 e. The molecule has 2 aromatic rings. The highest BCUT2D eigenvalue weighted by Gasteiger charge is 2.07. The first-order chi connectivity index (χ1) is 6.18. The Morgan fingerprint density at radius 1 is 1.50 bits per heavy atom. The van der Waals surface area contributed by atoms with E-state index in [2.05, 4.69) is 18.8 Å². The molecular weight excluding hydrogens is 150 g/mol. The molecule has 62 valence electrons. The van der Waals surface area contributed by atoms with Gasteiger partial charge in [-0.1, -0.05) is 13.8 Å². The van der Waals surface area contributed by atoms with Gasteiger partial charge in [0.15, 0.2) is 5.58 Å². The van der Waals surface area contributed by atoms with Crippen molar-refractivity contribution in [2.24, 2.45) is 0 Å². The molecule has 0 aromatic carbocycles. The fourth-order valence-corrected chi connectivity index (χ4v) is 1.29. The van der Waals surface area contributed by atoms with Crippen LogP contribution in [-0.2, 0) is 0 Å². The third-order valence-corrected chi connectivity index (χ3v) is 1.94. The zero-order chi connectivity index (χ0) is 9.42. The Kier molecular flexibility index (Phi) is 1.36. The van der Waals surface area contributed by atoms with Crippen LogP contribution in [0.3, 0.4) is 0 Å². The molecule has 0 atom stereocenters. The molecule has 0 amide bonds. The first kappa shape index (κ1) is 6.23. The highest BCUT2D eigenvalue weighted by molar-refractivity contribution is 5.76. The van der Waals surface area contributed by atoms with Gasteiger partial charge in [0.05, 0.1) is 6.24 Å². The zero-order valence-corrected chi connectivity index (χ0v) is 7.16. The van der Waals surface area contributed by atoms with E-state index in [9.17, 15) is 0 Å². The van der Waals surface area contributed by atoms with E-state index in [0.29, 0.717) is 5.92 Å². The number of pyridine rings is 1. The second-order valence-electron chi connectivity index (χ2n) is 3.13. The van der Waals surface area contributed by atoms with Crippen LogP contribution in [0.2, 0.25) is 0 Å². The van der Waals surface area contributed by atoms with Crippen LogP contribution in [0.1, 0.15) is 26.7 Å². The molecule has 0 unspecified atom stereocenters. The average molecular weight is 162 g/mol. The number of hydrogen-bond acceptors (Lipinski definition) is 2. The summed E-state index contributed by atoms with van der Waals surface area (Å²) in [6, 6.07) is 3.58. The van der Waals surface area contributed by atoms with Gasteiger partial charge in [-0.2, -0.15) is 0 Å². The molecule has 0 bridgehead atoms. The monoisotopic (exact) mass is 162 g/mol. The van der Waals surface area contributed by atoms with Gasteiger partial charge in [-0.05, 0) is 12.0 Å². The first-order valence-electron chi connectivity index (χ1n) is 4.53. The zero-order valence-electron chi connectivity index (χ0n) is 8.16. The third kappa shape index (κ3) is 0.998. The molecule has 0 aliphatic rings. The van der Waals surface area contributed by atoms with Crippen LogP contribution < -0.4 is 0 Å². The average Bonchev–Trinajstić information content (AvgIpc) is 2.43. The molecule has 0 aliphatic carbocycles. The van der Waals surface area contributed by atoms with Crippen molar-refractivity contribution in [2.45, 2.75) is 19.8 Å². The van der Waals surface area contributed by atoms with E-state index in [0.717, 1.165) is 16.7 Å². The lowest BCUT2D eigenvalue weighted by atomic mass is 10.0. The molecule has 2 heteroatoms. The van der Waals surface area contributed by atoms with Gasteiger partial charge in [-0.25, -0.2) is 0 Å². The Labute approximate surface area is 72.6 Å². The Hall–Kier alpha value is -1.31. The van der Waals surface area contributed by atoms with Crippen LogP contribution in [0.4, 0.5) is 0 Å². The maximum atomic E-state index is 7.35. The van der Waals surface area contributed by atoms with Gasteiger partial charge < -0.3 is 4.42 Å². The molecule has 0 saturated heterocycles. The molecular formula is C10H11NO. The van der Waals surface area contributed by atoms with Crippen molar-refractivity contribution in [2.75, 3.05) is 0 Å². The van der Waals surface area contributed by atoms with Crippen LogP contribution >= 0.6 is 0 Å². The number of rotatable bonds is 1. The summed E-state index contributed by atoms with van der Waals surface area (Å²) in [5, 5.41) is 0. The van der Waals surface area contributed by atoms with Crippen LogP contribution in [0.5, 0.6) is 0 Å². The standard InChI is InChI=1S/C10H11NO/c1-7(2)8-3-5-11-9-4-6-12-10(8)9/h3-7H,1-2H3/i6D. The van der Waals surface area contributed by atoms with Gasteiger partial charge in [0.25, 0.3) is 0 Å². The van der Waals surface area contributed by atoms with Crippen LogP contribution in [-0.4, -0.2) is 4.98 Å². The van der Waals surface area contributed by atoms with E-state index >= 15 is 0 Å². The van der Waals surface area contributed by atoms with Crippen molar-refractivity contribution >= 4 is 11.1 Å². The largest absolute Gasteiger partial charge is 0.462 e. The molecule has 2 rings (SSSR count). The van der Waals surface area contributed by atoms with Crippen molar-refractivity contribution in [3.05, 3.63) is 30.1 Å². The molecule has 0 N–H and O–H groups in total. The lowest BCUT2D eigenvalue weighted by molar-refractivity contribution is 0.606. The summed E-state index contributed by atoms with van der Waals surface area (Å²) in [5.41, 5.74) is 2.64. The molecule has 0 fully saturated rings. The Balaban J connectivity index is 2.75. The summed E-state index contributed by atoms with van der Waals surface area (Å²) in [6.07, 6.45) is 1.93. The van der Waals surface area contributed by atoms with Crippen molar-refractivity contribution in [3.63, 3.8) is 0 Å². The number of furan rings is 1. The van der Waals surface area contributed by atoms with E-state index in [1.807, 2.05) is 6.07 Å². The van der Waals surface area contributed by atoms with E-state index in [1.165, 1.54) is 0 Å². The van der Waals surface area contributed by atoms with E-state index < -0.39 is 0 Å². The molecule has 0 radical (unpaired) electrons. The molecule has 2 aromatic heterocycles. The number of aromatic nitrogens is 1. The quantitative estimate of drug-likeness (QED) is 0.644. The summed E-state index contributed by atoms with van der Waals surface area (Å²) in [4.78, 5) is 4.13. The predicted octanol–water partition coefficient (Wildman–Crippen LogP) is 2.95. The lowest BCUT2D eigenvalue weighted by Gasteiger charge is -2.03. The number of fused-ring (bicyclic) bond motifs is 1. The van der Waals surface area contributed by atoms with Gasteiger partial charge in [0.1, 0.15) is 6.89 Å². The second-order valence-corrected chi connectivity index (χ2v) is 3.13. The fourth-order valence-electron chi connectivity index (χ4n) is 1.29. The van der Waals surface area contributed by atoms with Crippen molar-refractivity contribution in [1.29, 1.82) is 0 Å². The maximum absolute atomic E-state index is 7.35. The fraction of sp³-hybridized carbons (Fsp3) is 0.300. The molecule has 0 aliphatic heterocycles. The van der Waals surface area contributed by atoms with Gasteiger partial charge in [-0.3, -0.25) is 4.98 Å². The van der Waals surface area contributed by atoms with Crippen molar-refractivity contribution in [3.8, 4) is 0 Å². The Morgan fingerprint density at radius 3 is 3.08 bits per heavy atom. The molecule has 0 spiro atoms. The van der Waals surface area contributed by atoms with Gasteiger partial charge in [-0.15, -0.1) is 0 Å². The Morgan fingerprint density at radius 2 is 2.33 bits per heavy atom. The van der Waals surface area contributed by atoms with E-state index in [4.69, 9.17) is 5.79 Å². The molecule has 0 saturated carbocycles. The van der Waals surface area contributed by atoms with Crippen molar-refractivity contribution in [1.82, 2.24) is 4.98 Å². The topological polar surface area (TPSA) is 26.0 Å². The SMILES string of the molecule is [2H]c1cc2nccc(C(C)C)c2o1. The molecule has 2 nitrogen and oxygen atoms in total. The summed E-state index contributed by atoms with van der Waals surface area (Å²) < 4.78 is 12.6. The summed E-state index contributed by atoms with van der Waals surface area (Å²) in [5.74, 6) is 0.399. The summed E-state index contributed by atoms with van der Waals surface area (Å²) >= 11 is 0. The van der Waals surface area contributed by atoms with Crippen LogP contribution in [0.15, 0.2) is 29.0 Å². The van der Waals surface area contributed by atoms with Crippen LogP contribution in [0, 0.1) is 0 Å². The molecule has 2 heterocycles. The van der Waals surface area contributed by atoms with E-state index in [1.54, 1.807) is 12.3 Å². The van der Waals surface area contributed by atoms with Crippen LogP contribution in [0.25, 0.3) is 11.1 Å². The van der Waals surface area contributed by atoms with E-state index in [-0.39, 0.29) is 6.24 Å². The summed E-state index contributed by atoms with van der Waals surface area (Å²) in [6.45, 7) is 4.20. The minimum atomic E-state index is 0.176. The van der Waals surface area contributed by atoms with Gasteiger partial charge >= 0.3 is 0 Å². The first-order valence-corrected chi connectivity index (χ1v) is 4.03. The summed E-state index contributed by atoms with van der Waals surface area (Å²) in [7, 11) is 0. The third-order valence-electron chi connectivity index (χ3n) is 1.94. The van der Waals surface area contributed by atoms with Gasteiger partial charge in [0.2, 0.25) is 0 Å². The lowest BCUT2D eigenvalue weighted by Crippen LogP contribution is -1.88. The van der Waals surface area contributed by atoms with Crippen molar-refractivity contribution < 1.29 is 5.79 Å². The molecule has 12 heavy (non-hydrogen) atoms. The minimum absolute atomic E-state index is 0.176. The number of hydrogen-bond donors (Lipinski definition) is 0. The normalized spacial score (nSPS) is 12.4. The highest BCUT2D eigenvalue weighted by Crippen LogP contribution is 2.23. The predicted molar refractivity (Wildman–Crippen MR) is 48.1 cm³/mol. The highest BCUT2D eigenvalue weighted by atomic mass is 16.3. The minimum Gasteiger partial charge on any atom is -0.462 e.